The third kappa shape index (κ3) is 3.86. The van der Waals surface area contributed by atoms with Crippen LogP contribution in [-0.2, 0) is 9.47 Å². The molecule has 3 rings (SSSR count). The highest BCUT2D eigenvalue weighted by Crippen LogP contribution is 2.35. The van der Waals surface area contributed by atoms with E-state index < -0.39 is 0 Å². The number of thiophene rings is 1. The lowest BCUT2D eigenvalue weighted by Crippen LogP contribution is -2.50. The van der Waals surface area contributed by atoms with Gasteiger partial charge in [0.25, 0.3) is 0 Å². The van der Waals surface area contributed by atoms with Gasteiger partial charge in [-0.05, 0) is 43.6 Å². The van der Waals surface area contributed by atoms with Crippen LogP contribution in [0.3, 0.4) is 0 Å². The van der Waals surface area contributed by atoms with Gasteiger partial charge in [0.15, 0.2) is 0 Å². The second-order valence-corrected chi connectivity index (χ2v) is 7.34. The predicted molar refractivity (Wildman–Crippen MR) is 86.9 cm³/mol. The maximum absolute atomic E-state index is 6.15. The summed E-state index contributed by atoms with van der Waals surface area (Å²) in [7, 11) is 0. The minimum absolute atomic E-state index is 0.0837. The summed E-state index contributed by atoms with van der Waals surface area (Å²) in [6.07, 6.45) is 6.83. The molecule has 21 heavy (non-hydrogen) atoms. The van der Waals surface area contributed by atoms with Crippen LogP contribution in [0.2, 0.25) is 0 Å². The molecular weight excluding hydrogens is 282 g/mol. The number of ether oxygens (including phenoxy) is 2. The number of nitrogens with one attached hydrogen (secondary N) is 1. The molecule has 2 atom stereocenters. The van der Waals surface area contributed by atoms with Crippen molar-refractivity contribution in [3.63, 3.8) is 0 Å². The van der Waals surface area contributed by atoms with E-state index in [1.54, 1.807) is 0 Å². The van der Waals surface area contributed by atoms with Gasteiger partial charge in [-0.3, -0.25) is 0 Å². The highest BCUT2D eigenvalue weighted by atomic mass is 32.1. The zero-order chi connectivity index (χ0) is 14.5. The molecule has 0 aromatic carbocycles. The lowest BCUT2D eigenvalue weighted by molar-refractivity contribution is -0.141. The molecule has 2 fully saturated rings. The van der Waals surface area contributed by atoms with Crippen LogP contribution in [0, 0.1) is 0 Å². The minimum atomic E-state index is 0.0837. The van der Waals surface area contributed by atoms with Crippen LogP contribution in [0.25, 0.3) is 0 Å². The van der Waals surface area contributed by atoms with Crippen molar-refractivity contribution in [2.75, 3.05) is 19.8 Å². The van der Waals surface area contributed by atoms with Gasteiger partial charge in [0.2, 0.25) is 0 Å². The Balaban J connectivity index is 1.62. The molecule has 3 heterocycles. The Bertz CT molecular complexity index is 409. The van der Waals surface area contributed by atoms with E-state index in [1.807, 2.05) is 11.3 Å². The van der Waals surface area contributed by atoms with Crippen LogP contribution in [-0.4, -0.2) is 31.5 Å². The molecule has 0 amide bonds. The van der Waals surface area contributed by atoms with Crippen LogP contribution in [0.15, 0.2) is 17.5 Å². The summed E-state index contributed by atoms with van der Waals surface area (Å²) in [5, 5.41) is 6.10. The van der Waals surface area contributed by atoms with E-state index in [4.69, 9.17) is 9.47 Å². The Morgan fingerprint density at radius 2 is 2.24 bits per heavy atom. The summed E-state index contributed by atoms with van der Waals surface area (Å²) in [6.45, 7) is 4.87. The van der Waals surface area contributed by atoms with Gasteiger partial charge in [0.1, 0.15) is 0 Å². The summed E-state index contributed by atoms with van der Waals surface area (Å²) in [5.41, 5.74) is 0.0837. The monoisotopic (exact) mass is 309 g/mol. The van der Waals surface area contributed by atoms with Gasteiger partial charge in [0, 0.05) is 36.8 Å². The predicted octanol–water partition coefficient (Wildman–Crippen LogP) is 3.91. The lowest BCUT2D eigenvalue weighted by atomic mass is 9.83. The van der Waals surface area contributed by atoms with E-state index in [-0.39, 0.29) is 5.60 Å². The highest BCUT2D eigenvalue weighted by molar-refractivity contribution is 7.10. The molecule has 1 spiro atoms. The van der Waals surface area contributed by atoms with Crippen molar-refractivity contribution in [3.05, 3.63) is 22.4 Å². The molecule has 1 aromatic rings. The molecule has 118 valence electrons. The Morgan fingerprint density at radius 1 is 1.38 bits per heavy atom. The number of hydrogen-bond acceptors (Lipinski definition) is 4. The van der Waals surface area contributed by atoms with E-state index in [2.05, 4.69) is 29.8 Å². The lowest BCUT2D eigenvalue weighted by Gasteiger charge is -2.44. The van der Waals surface area contributed by atoms with E-state index >= 15 is 0 Å². The maximum atomic E-state index is 6.15. The Kier molecular flexibility index (Phi) is 5.33. The average molecular weight is 309 g/mol. The van der Waals surface area contributed by atoms with Crippen molar-refractivity contribution >= 4 is 11.3 Å². The first-order valence-corrected chi connectivity index (χ1v) is 9.20. The van der Waals surface area contributed by atoms with Crippen molar-refractivity contribution in [1.82, 2.24) is 5.32 Å². The standard InChI is InChI=1S/C17H27NO2S/c1-2-4-15(16-5-3-12-21-16)18-14-6-9-20-17(13-14)7-10-19-11-8-17/h3,5,12,14-15,18H,2,4,6-11,13H2,1H3. The zero-order valence-corrected chi connectivity index (χ0v) is 13.8. The fourth-order valence-electron chi connectivity index (χ4n) is 3.63. The number of hydrogen-bond donors (Lipinski definition) is 1. The van der Waals surface area contributed by atoms with Crippen LogP contribution in [0.5, 0.6) is 0 Å². The first kappa shape index (κ1) is 15.5. The van der Waals surface area contributed by atoms with Crippen molar-refractivity contribution < 1.29 is 9.47 Å². The second-order valence-electron chi connectivity index (χ2n) is 6.36. The van der Waals surface area contributed by atoms with E-state index in [0.29, 0.717) is 12.1 Å². The molecule has 4 heteroatoms. The second kappa shape index (κ2) is 7.23. The Labute approximate surface area is 132 Å². The third-order valence-electron chi connectivity index (χ3n) is 4.80. The first-order valence-electron chi connectivity index (χ1n) is 8.32. The molecule has 2 aliphatic rings. The molecule has 2 aliphatic heterocycles. The third-order valence-corrected chi connectivity index (χ3v) is 5.78. The van der Waals surface area contributed by atoms with Gasteiger partial charge in [-0.2, -0.15) is 0 Å². The quantitative estimate of drug-likeness (QED) is 0.894. The number of rotatable bonds is 5. The Morgan fingerprint density at radius 3 is 2.95 bits per heavy atom. The van der Waals surface area contributed by atoms with Crippen molar-refractivity contribution in [3.8, 4) is 0 Å². The van der Waals surface area contributed by atoms with Gasteiger partial charge in [-0.25, -0.2) is 0 Å². The summed E-state index contributed by atoms with van der Waals surface area (Å²) in [6, 6.07) is 5.51. The van der Waals surface area contributed by atoms with Gasteiger partial charge in [-0.1, -0.05) is 19.4 Å². The summed E-state index contributed by atoms with van der Waals surface area (Å²) >= 11 is 1.87. The van der Waals surface area contributed by atoms with Gasteiger partial charge < -0.3 is 14.8 Å². The highest BCUT2D eigenvalue weighted by Gasteiger charge is 2.39. The van der Waals surface area contributed by atoms with Crippen LogP contribution in [0.4, 0.5) is 0 Å². The average Bonchev–Trinajstić information content (AvgIpc) is 3.02. The molecule has 2 saturated heterocycles. The van der Waals surface area contributed by atoms with E-state index in [9.17, 15) is 0 Å². The normalized spacial score (nSPS) is 26.8. The molecule has 0 aliphatic carbocycles. The van der Waals surface area contributed by atoms with Crippen LogP contribution >= 0.6 is 11.3 Å². The van der Waals surface area contributed by atoms with Gasteiger partial charge >= 0.3 is 0 Å². The molecule has 0 saturated carbocycles. The summed E-state index contributed by atoms with van der Waals surface area (Å²) in [4.78, 5) is 1.48. The van der Waals surface area contributed by atoms with Crippen molar-refractivity contribution in [2.45, 2.75) is 63.1 Å². The topological polar surface area (TPSA) is 30.5 Å². The van der Waals surface area contributed by atoms with E-state index in [0.717, 1.165) is 45.5 Å². The molecule has 1 aromatic heterocycles. The summed E-state index contributed by atoms with van der Waals surface area (Å²) in [5.74, 6) is 0. The minimum Gasteiger partial charge on any atom is -0.381 e. The smallest absolute Gasteiger partial charge is 0.0741 e. The SMILES string of the molecule is CCCC(NC1CCOC2(CCOCC2)C1)c1cccs1. The van der Waals surface area contributed by atoms with Crippen LogP contribution in [0.1, 0.15) is 56.4 Å². The fourth-order valence-corrected chi connectivity index (χ4v) is 4.45. The summed E-state index contributed by atoms with van der Waals surface area (Å²) < 4.78 is 11.7. The van der Waals surface area contributed by atoms with Crippen LogP contribution < -0.4 is 5.32 Å². The first-order chi connectivity index (χ1) is 10.3. The Hall–Kier alpha value is -0.420. The molecule has 0 radical (unpaired) electrons. The van der Waals surface area contributed by atoms with Crippen molar-refractivity contribution in [2.24, 2.45) is 0 Å². The molecule has 0 bridgehead atoms. The molecule has 2 unspecified atom stereocenters. The molecular formula is C17H27NO2S. The molecule has 1 N–H and O–H groups in total. The van der Waals surface area contributed by atoms with Crippen molar-refractivity contribution in [1.29, 1.82) is 0 Å². The largest absolute Gasteiger partial charge is 0.381 e. The van der Waals surface area contributed by atoms with E-state index in [1.165, 1.54) is 17.7 Å². The van der Waals surface area contributed by atoms with Gasteiger partial charge in [0.05, 0.1) is 5.60 Å². The van der Waals surface area contributed by atoms with Gasteiger partial charge in [-0.15, -0.1) is 11.3 Å². The molecule has 3 nitrogen and oxygen atoms in total. The zero-order valence-electron chi connectivity index (χ0n) is 13.0. The maximum Gasteiger partial charge on any atom is 0.0741 e. The fraction of sp³-hybridized carbons (Fsp3) is 0.765.